The second-order valence-corrected chi connectivity index (χ2v) is 6.95. The predicted molar refractivity (Wildman–Crippen MR) is 86.8 cm³/mol. The van der Waals surface area contributed by atoms with Crippen LogP contribution in [0, 0.1) is 5.41 Å². The van der Waals surface area contributed by atoms with Gasteiger partial charge in [0.25, 0.3) is 0 Å². The van der Waals surface area contributed by atoms with E-state index in [0.717, 1.165) is 25.4 Å². The van der Waals surface area contributed by atoms with Gasteiger partial charge in [-0.05, 0) is 36.6 Å². The highest BCUT2D eigenvalue weighted by Gasteiger charge is 2.19. The van der Waals surface area contributed by atoms with E-state index in [1.807, 2.05) is 12.1 Å². The second-order valence-electron chi connectivity index (χ2n) is 6.95. The molecule has 0 bridgehead atoms. The Morgan fingerprint density at radius 1 is 1.33 bits per heavy atom. The summed E-state index contributed by atoms with van der Waals surface area (Å²) in [4.78, 5) is 14.3. The summed E-state index contributed by atoms with van der Waals surface area (Å²) >= 11 is 0. The first-order valence-corrected chi connectivity index (χ1v) is 7.59. The van der Waals surface area contributed by atoms with Crippen molar-refractivity contribution in [1.29, 1.82) is 0 Å². The van der Waals surface area contributed by atoms with Crippen LogP contribution in [0.25, 0.3) is 0 Å². The average molecular weight is 290 g/mol. The van der Waals surface area contributed by atoms with Gasteiger partial charge in [-0.25, -0.2) is 0 Å². The summed E-state index contributed by atoms with van der Waals surface area (Å²) in [5.74, 6) is 0.0648. The molecule has 1 atom stereocenters. The number of anilines is 2. The molecule has 1 aromatic rings. The van der Waals surface area contributed by atoms with Crippen LogP contribution >= 0.6 is 0 Å². The molecular formula is C17H26N2O2. The van der Waals surface area contributed by atoms with Crippen molar-refractivity contribution in [2.45, 2.75) is 40.2 Å². The van der Waals surface area contributed by atoms with Crippen LogP contribution < -0.4 is 10.2 Å². The zero-order valence-electron chi connectivity index (χ0n) is 13.5. The van der Waals surface area contributed by atoms with Crippen molar-refractivity contribution in [3.8, 4) is 0 Å². The number of hydrogen-bond donors (Lipinski definition) is 1. The van der Waals surface area contributed by atoms with E-state index in [1.54, 1.807) is 0 Å². The number of rotatable bonds is 3. The van der Waals surface area contributed by atoms with Crippen LogP contribution in [0.4, 0.5) is 11.4 Å². The lowest BCUT2D eigenvalue weighted by Gasteiger charge is -2.35. The first-order chi connectivity index (χ1) is 9.85. The lowest BCUT2D eigenvalue weighted by atomic mass is 9.92. The fraction of sp³-hybridized carbons (Fsp3) is 0.588. The molecular weight excluding hydrogens is 264 g/mol. The number of amides is 1. The largest absolute Gasteiger partial charge is 0.377 e. The van der Waals surface area contributed by atoms with Crippen molar-refractivity contribution < 1.29 is 9.53 Å². The van der Waals surface area contributed by atoms with Gasteiger partial charge in [-0.2, -0.15) is 0 Å². The molecule has 4 heteroatoms. The fourth-order valence-corrected chi connectivity index (χ4v) is 2.53. The monoisotopic (exact) mass is 290 g/mol. The maximum Gasteiger partial charge on any atom is 0.224 e. The maximum atomic E-state index is 11.9. The molecule has 0 spiro atoms. The van der Waals surface area contributed by atoms with Crippen LogP contribution in [-0.4, -0.2) is 31.7 Å². The second kappa shape index (κ2) is 6.48. The predicted octanol–water partition coefficient (Wildman–Crippen LogP) is 3.29. The van der Waals surface area contributed by atoms with Gasteiger partial charge in [0, 0.05) is 30.4 Å². The standard InChI is InChI=1S/C17H26N2O2/c1-13-12-21-10-9-19(13)15-7-5-14(6-8-15)18-16(20)11-17(2,3)4/h5-8,13H,9-12H2,1-4H3,(H,18,20). The summed E-state index contributed by atoms with van der Waals surface area (Å²) < 4.78 is 5.46. The number of nitrogens with zero attached hydrogens (tertiary/aromatic N) is 1. The Balaban J connectivity index is 1.97. The Hall–Kier alpha value is -1.55. The molecule has 1 amide bonds. The molecule has 1 aliphatic heterocycles. The molecule has 0 aromatic heterocycles. The first kappa shape index (κ1) is 15.8. The summed E-state index contributed by atoms with van der Waals surface area (Å²) in [7, 11) is 0. The molecule has 0 aliphatic carbocycles. The van der Waals surface area contributed by atoms with Gasteiger partial charge in [0.2, 0.25) is 5.91 Å². The van der Waals surface area contributed by atoms with E-state index in [0.29, 0.717) is 12.5 Å². The molecule has 1 aliphatic rings. The molecule has 1 fully saturated rings. The Labute approximate surface area is 127 Å². The van der Waals surface area contributed by atoms with Gasteiger partial charge in [-0.3, -0.25) is 4.79 Å². The third-order valence-electron chi connectivity index (χ3n) is 3.54. The van der Waals surface area contributed by atoms with Crippen molar-refractivity contribution >= 4 is 17.3 Å². The zero-order chi connectivity index (χ0) is 15.5. The van der Waals surface area contributed by atoms with Crippen molar-refractivity contribution in [3.63, 3.8) is 0 Å². The van der Waals surface area contributed by atoms with Gasteiger partial charge in [-0.15, -0.1) is 0 Å². The number of hydrogen-bond acceptors (Lipinski definition) is 3. The lowest BCUT2D eigenvalue weighted by Crippen LogP contribution is -2.43. The molecule has 2 rings (SSSR count). The molecule has 116 valence electrons. The number of morpholine rings is 1. The van der Waals surface area contributed by atoms with Crippen LogP contribution in [0.3, 0.4) is 0 Å². The van der Waals surface area contributed by atoms with Gasteiger partial charge >= 0.3 is 0 Å². The number of benzene rings is 1. The Morgan fingerprint density at radius 2 is 2.00 bits per heavy atom. The Bertz CT molecular complexity index is 477. The Morgan fingerprint density at radius 3 is 2.57 bits per heavy atom. The van der Waals surface area contributed by atoms with E-state index >= 15 is 0 Å². The molecule has 0 saturated carbocycles. The minimum absolute atomic E-state index is 0.00720. The Kier molecular flexibility index (Phi) is 4.88. The number of ether oxygens (including phenoxy) is 1. The van der Waals surface area contributed by atoms with Gasteiger partial charge < -0.3 is 15.0 Å². The molecule has 1 N–H and O–H groups in total. The van der Waals surface area contributed by atoms with E-state index in [1.165, 1.54) is 5.69 Å². The van der Waals surface area contributed by atoms with Gasteiger partial charge in [-0.1, -0.05) is 20.8 Å². The fourth-order valence-electron chi connectivity index (χ4n) is 2.53. The molecule has 21 heavy (non-hydrogen) atoms. The van der Waals surface area contributed by atoms with Gasteiger partial charge in [0.05, 0.1) is 13.2 Å². The van der Waals surface area contributed by atoms with Crippen LogP contribution in [0.2, 0.25) is 0 Å². The van der Waals surface area contributed by atoms with E-state index < -0.39 is 0 Å². The molecule has 1 unspecified atom stereocenters. The molecule has 1 heterocycles. The van der Waals surface area contributed by atoms with Gasteiger partial charge in [0.15, 0.2) is 0 Å². The van der Waals surface area contributed by atoms with E-state index in [4.69, 9.17) is 4.74 Å². The first-order valence-electron chi connectivity index (χ1n) is 7.59. The third-order valence-corrected chi connectivity index (χ3v) is 3.54. The highest BCUT2D eigenvalue weighted by Crippen LogP contribution is 2.23. The number of carbonyl (C=O) groups excluding carboxylic acids is 1. The van der Waals surface area contributed by atoms with Crippen LogP contribution in [-0.2, 0) is 9.53 Å². The summed E-state index contributed by atoms with van der Waals surface area (Å²) in [5, 5.41) is 2.96. The van der Waals surface area contributed by atoms with Crippen LogP contribution in [0.1, 0.15) is 34.1 Å². The normalized spacial score (nSPS) is 19.4. The van der Waals surface area contributed by atoms with E-state index in [-0.39, 0.29) is 11.3 Å². The number of carbonyl (C=O) groups is 1. The molecule has 0 radical (unpaired) electrons. The highest BCUT2D eigenvalue weighted by atomic mass is 16.5. The summed E-state index contributed by atoms with van der Waals surface area (Å²) in [6, 6.07) is 8.46. The summed E-state index contributed by atoms with van der Waals surface area (Å²) in [6.45, 7) is 10.8. The van der Waals surface area contributed by atoms with E-state index in [2.05, 4.69) is 50.0 Å². The van der Waals surface area contributed by atoms with Crippen molar-refractivity contribution in [2.75, 3.05) is 30.0 Å². The van der Waals surface area contributed by atoms with Crippen molar-refractivity contribution in [1.82, 2.24) is 0 Å². The zero-order valence-corrected chi connectivity index (χ0v) is 13.5. The van der Waals surface area contributed by atoms with Crippen molar-refractivity contribution in [3.05, 3.63) is 24.3 Å². The molecule has 4 nitrogen and oxygen atoms in total. The van der Waals surface area contributed by atoms with E-state index in [9.17, 15) is 4.79 Å². The van der Waals surface area contributed by atoms with Crippen molar-refractivity contribution in [2.24, 2.45) is 5.41 Å². The average Bonchev–Trinajstić information content (AvgIpc) is 2.38. The van der Waals surface area contributed by atoms with Gasteiger partial charge in [0.1, 0.15) is 0 Å². The SMILES string of the molecule is CC1COCCN1c1ccc(NC(=O)CC(C)(C)C)cc1. The minimum Gasteiger partial charge on any atom is -0.377 e. The van der Waals surface area contributed by atoms with Crippen LogP contribution in [0.15, 0.2) is 24.3 Å². The summed E-state index contributed by atoms with van der Waals surface area (Å²) in [5.41, 5.74) is 2.04. The van der Waals surface area contributed by atoms with Crippen LogP contribution in [0.5, 0.6) is 0 Å². The topological polar surface area (TPSA) is 41.6 Å². The third kappa shape index (κ3) is 4.74. The minimum atomic E-state index is 0.00720. The quantitative estimate of drug-likeness (QED) is 0.929. The molecule has 1 saturated heterocycles. The lowest BCUT2D eigenvalue weighted by molar-refractivity contribution is -0.117. The molecule has 1 aromatic carbocycles. The smallest absolute Gasteiger partial charge is 0.224 e. The summed E-state index contributed by atoms with van der Waals surface area (Å²) in [6.07, 6.45) is 0.523. The highest BCUT2D eigenvalue weighted by molar-refractivity contribution is 5.91. The maximum absolute atomic E-state index is 11.9. The number of nitrogens with one attached hydrogen (secondary N) is 1.